The molecular weight excluding hydrogens is 658 g/mol. The summed E-state index contributed by atoms with van der Waals surface area (Å²) >= 11 is 6.57. The predicted molar refractivity (Wildman–Crippen MR) is 190 cm³/mol. The molecule has 7 rings (SSSR count). The highest BCUT2D eigenvalue weighted by molar-refractivity contribution is 6.31. The van der Waals surface area contributed by atoms with Crippen LogP contribution in [0.5, 0.6) is 5.75 Å². The maximum atomic E-state index is 14.4. The van der Waals surface area contributed by atoms with Crippen LogP contribution in [0.3, 0.4) is 0 Å². The standard InChI is InChI=1S/C36H32ClN9O4/c37-27-12-2-1-8-25(27)20-45-29(21-46-34-31(33(38)40-22-41-34)32(43-46)24-10-5-11-26(47)19-24)42-28-13-6-9-23(30(28)35(45)48)7-3-4-14-39-36(49)44-15-17-50-18-16-44/h1-2,5-6,8-13,19,22,47H,4,14-18,20-21H2,(H,39,49)(H2,38,40,41). The lowest BCUT2D eigenvalue weighted by molar-refractivity contribution is 0.0533. The molecule has 4 N–H and O–H groups in total. The predicted octanol–water partition coefficient (Wildman–Crippen LogP) is 4.02. The highest BCUT2D eigenvalue weighted by Crippen LogP contribution is 2.32. The Hall–Kier alpha value is -5.97. The van der Waals surface area contributed by atoms with Crippen molar-refractivity contribution < 1.29 is 14.6 Å². The third-order valence-corrected chi connectivity index (χ3v) is 8.73. The first-order valence-corrected chi connectivity index (χ1v) is 16.4. The molecule has 3 aromatic carbocycles. The number of ether oxygens (including phenoxy) is 1. The number of hydrogen-bond donors (Lipinski definition) is 3. The fraction of sp³-hybridized carbons (Fsp3) is 0.222. The van der Waals surface area contributed by atoms with Crippen molar-refractivity contribution in [3.05, 3.63) is 105 Å². The lowest BCUT2D eigenvalue weighted by Crippen LogP contribution is -2.46. The number of nitrogens with two attached hydrogens (primary N) is 1. The Morgan fingerprint density at radius 2 is 1.84 bits per heavy atom. The molecule has 13 nitrogen and oxygen atoms in total. The number of aromatic nitrogens is 6. The zero-order valence-electron chi connectivity index (χ0n) is 26.8. The quantitative estimate of drug-likeness (QED) is 0.166. The van der Waals surface area contributed by atoms with Crippen LogP contribution in [0, 0.1) is 11.8 Å². The summed E-state index contributed by atoms with van der Waals surface area (Å²) in [6.07, 6.45) is 1.75. The van der Waals surface area contributed by atoms with Gasteiger partial charge in [-0.2, -0.15) is 5.10 Å². The first-order valence-electron chi connectivity index (χ1n) is 16.0. The maximum Gasteiger partial charge on any atom is 0.317 e. The molecule has 0 spiro atoms. The van der Waals surface area contributed by atoms with Gasteiger partial charge in [0.25, 0.3) is 5.56 Å². The molecule has 0 aliphatic carbocycles. The molecule has 252 valence electrons. The molecule has 1 aliphatic heterocycles. The number of carbonyl (C=O) groups is 1. The van der Waals surface area contributed by atoms with E-state index in [2.05, 4.69) is 27.1 Å². The van der Waals surface area contributed by atoms with Crippen LogP contribution in [-0.4, -0.2) is 78.2 Å². The van der Waals surface area contributed by atoms with Crippen molar-refractivity contribution in [1.29, 1.82) is 0 Å². The minimum atomic E-state index is -0.297. The first kappa shape index (κ1) is 32.6. The first-order chi connectivity index (χ1) is 24.4. The fourth-order valence-electron chi connectivity index (χ4n) is 5.89. The molecule has 0 radical (unpaired) electrons. The molecule has 6 aromatic rings. The number of carbonyl (C=O) groups excluding carboxylic acids is 1. The van der Waals surface area contributed by atoms with Crippen LogP contribution < -0.4 is 16.6 Å². The number of benzene rings is 3. The van der Waals surface area contributed by atoms with Crippen LogP contribution in [0.1, 0.15) is 23.4 Å². The summed E-state index contributed by atoms with van der Waals surface area (Å²) in [6, 6.07) is 19.2. The van der Waals surface area contributed by atoms with Gasteiger partial charge in [0.05, 0.1) is 36.0 Å². The molecule has 2 amide bonds. The molecule has 1 fully saturated rings. The highest BCUT2D eigenvalue weighted by atomic mass is 35.5. The van der Waals surface area contributed by atoms with Crippen molar-refractivity contribution in [2.24, 2.45) is 0 Å². The minimum absolute atomic E-state index is 0.0557. The van der Waals surface area contributed by atoms with Crippen LogP contribution in [0.25, 0.3) is 33.2 Å². The number of nitrogens with one attached hydrogen (secondary N) is 1. The Kier molecular flexibility index (Phi) is 9.28. The third kappa shape index (κ3) is 6.67. The van der Waals surface area contributed by atoms with Crippen LogP contribution in [0.15, 0.2) is 77.9 Å². The zero-order valence-corrected chi connectivity index (χ0v) is 27.6. The lowest BCUT2D eigenvalue weighted by atomic mass is 10.1. The number of anilines is 1. The Labute approximate surface area is 291 Å². The van der Waals surface area contributed by atoms with Gasteiger partial charge < -0.3 is 25.8 Å². The van der Waals surface area contributed by atoms with Gasteiger partial charge in [-0.25, -0.2) is 24.4 Å². The summed E-state index contributed by atoms with van der Waals surface area (Å²) < 4.78 is 8.51. The third-order valence-electron chi connectivity index (χ3n) is 8.37. The molecule has 1 saturated heterocycles. The molecule has 0 unspecified atom stereocenters. The van der Waals surface area contributed by atoms with E-state index < -0.39 is 0 Å². The van der Waals surface area contributed by atoms with E-state index in [1.165, 1.54) is 6.33 Å². The number of nitrogen functional groups attached to an aromatic ring is 1. The van der Waals surface area contributed by atoms with E-state index in [4.69, 9.17) is 32.2 Å². The van der Waals surface area contributed by atoms with Crippen LogP contribution >= 0.6 is 11.6 Å². The van der Waals surface area contributed by atoms with Gasteiger partial charge in [0.2, 0.25) is 0 Å². The monoisotopic (exact) mass is 689 g/mol. The Morgan fingerprint density at radius 3 is 2.66 bits per heavy atom. The summed E-state index contributed by atoms with van der Waals surface area (Å²) in [4.78, 5) is 42.2. The van der Waals surface area contributed by atoms with Gasteiger partial charge in [-0.1, -0.05) is 59.8 Å². The van der Waals surface area contributed by atoms with Gasteiger partial charge in [0, 0.05) is 42.2 Å². The molecular formula is C36H32ClN9O4. The van der Waals surface area contributed by atoms with Crippen molar-refractivity contribution in [3.8, 4) is 28.8 Å². The van der Waals surface area contributed by atoms with Crippen molar-refractivity contribution in [1.82, 2.24) is 39.5 Å². The molecule has 3 aromatic heterocycles. The molecule has 0 saturated carbocycles. The number of halogens is 1. The Morgan fingerprint density at radius 1 is 1.02 bits per heavy atom. The second-order valence-corrected chi connectivity index (χ2v) is 12.0. The topological polar surface area (TPSA) is 166 Å². The van der Waals surface area contributed by atoms with Crippen molar-refractivity contribution in [3.63, 3.8) is 0 Å². The molecule has 50 heavy (non-hydrogen) atoms. The molecule has 4 heterocycles. The molecule has 1 aliphatic rings. The van der Waals surface area contributed by atoms with Gasteiger partial charge in [-0.15, -0.1) is 0 Å². The Bertz CT molecular complexity index is 2360. The van der Waals surface area contributed by atoms with E-state index in [1.54, 1.807) is 62.7 Å². The smallest absolute Gasteiger partial charge is 0.317 e. The van der Waals surface area contributed by atoms with E-state index in [-0.39, 0.29) is 36.2 Å². The molecule has 0 bridgehead atoms. The van der Waals surface area contributed by atoms with Crippen LogP contribution in [0.4, 0.5) is 10.6 Å². The number of morpholine rings is 1. The van der Waals surface area contributed by atoms with Gasteiger partial charge >= 0.3 is 6.03 Å². The van der Waals surface area contributed by atoms with Crippen molar-refractivity contribution >= 4 is 45.4 Å². The maximum absolute atomic E-state index is 14.4. The van der Waals surface area contributed by atoms with E-state index in [9.17, 15) is 14.7 Å². The number of phenols is 1. The second kappa shape index (κ2) is 14.3. The fourth-order valence-corrected chi connectivity index (χ4v) is 6.09. The lowest BCUT2D eigenvalue weighted by Gasteiger charge is -2.26. The normalized spacial score (nSPS) is 12.9. The summed E-state index contributed by atoms with van der Waals surface area (Å²) in [5.74, 6) is 6.93. The minimum Gasteiger partial charge on any atom is -0.508 e. The number of aromatic hydroxyl groups is 1. The summed E-state index contributed by atoms with van der Waals surface area (Å²) in [7, 11) is 0. The Balaban J connectivity index is 1.27. The number of fused-ring (bicyclic) bond motifs is 2. The van der Waals surface area contributed by atoms with Gasteiger partial charge in [0.15, 0.2) is 5.65 Å². The number of rotatable bonds is 7. The van der Waals surface area contributed by atoms with E-state index in [1.807, 2.05) is 18.2 Å². The van der Waals surface area contributed by atoms with Gasteiger partial charge in [-0.3, -0.25) is 9.36 Å². The molecule has 14 heteroatoms. The number of amides is 2. The van der Waals surface area contributed by atoms with Crippen LogP contribution in [0.2, 0.25) is 5.02 Å². The van der Waals surface area contributed by atoms with E-state index in [0.717, 1.165) is 5.56 Å². The van der Waals surface area contributed by atoms with Gasteiger partial charge in [0.1, 0.15) is 36.0 Å². The second-order valence-electron chi connectivity index (χ2n) is 11.6. The number of nitrogens with zero attached hydrogens (tertiary/aromatic N) is 7. The average Bonchev–Trinajstić information content (AvgIpc) is 3.50. The van der Waals surface area contributed by atoms with E-state index >= 15 is 0 Å². The van der Waals surface area contributed by atoms with E-state index in [0.29, 0.717) is 88.9 Å². The zero-order chi connectivity index (χ0) is 34.6. The van der Waals surface area contributed by atoms with Gasteiger partial charge in [-0.05, 0) is 35.9 Å². The SMILES string of the molecule is Nc1ncnc2c1c(-c1cccc(O)c1)nn2Cc1nc2cccc(C#CCCNC(=O)N3CCOCC3)c2c(=O)n1Cc1ccccc1Cl. The van der Waals surface area contributed by atoms with Crippen molar-refractivity contribution in [2.45, 2.75) is 19.5 Å². The average molecular weight is 690 g/mol. The number of phenolic OH excluding ortho intramolecular Hbond substituents is 1. The highest BCUT2D eigenvalue weighted by Gasteiger charge is 2.21. The number of urea groups is 1. The summed E-state index contributed by atoms with van der Waals surface area (Å²) in [6.45, 7) is 2.73. The molecule has 0 atom stereocenters. The summed E-state index contributed by atoms with van der Waals surface area (Å²) in [5, 5.41) is 19.3. The largest absolute Gasteiger partial charge is 0.508 e. The number of hydrogen-bond acceptors (Lipinski definition) is 9. The summed E-state index contributed by atoms with van der Waals surface area (Å²) in [5.41, 5.74) is 9.28. The van der Waals surface area contributed by atoms with Crippen LogP contribution in [-0.2, 0) is 17.8 Å². The van der Waals surface area contributed by atoms with Crippen molar-refractivity contribution in [2.75, 3.05) is 38.6 Å².